The number of rotatable bonds is 1. The van der Waals surface area contributed by atoms with Gasteiger partial charge in [-0.25, -0.2) is 0 Å². The topological polar surface area (TPSA) is 46.3 Å². The van der Waals surface area contributed by atoms with E-state index in [1.54, 1.807) is 6.07 Å². The summed E-state index contributed by atoms with van der Waals surface area (Å²) in [5.41, 5.74) is 6.58. The average molecular weight is 301 g/mol. The Balaban J connectivity index is 2.35. The maximum atomic E-state index is 12.6. The Morgan fingerprint density at radius 2 is 1.79 bits per heavy atom. The molecule has 1 aliphatic heterocycles. The van der Waals surface area contributed by atoms with Gasteiger partial charge in [-0.2, -0.15) is 0 Å². The number of carbonyl (C=O) groups excluding carboxylic acids is 1. The summed E-state index contributed by atoms with van der Waals surface area (Å²) < 4.78 is 0. The summed E-state index contributed by atoms with van der Waals surface area (Å²) in [6.07, 6.45) is 3.20. The van der Waals surface area contributed by atoms with E-state index in [2.05, 4.69) is 13.8 Å². The van der Waals surface area contributed by atoms with Gasteiger partial charge in [-0.15, -0.1) is 0 Å². The van der Waals surface area contributed by atoms with Crippen molar-refractivity contribution in [3.63, 3.8) is 0 Å². The van der Waals surface area contributed by atoms with Crippen LogP contribution in [0.25, 0.3) is 0 Å². The van der Waals surface area contributed by atoms with Gasteiger partial charge in [0.1, 0.15) is 0 Å². The number of amides is 1. The first kappa shape index (κ1) is 14.5. The summed E-state index contributed by atoms with van der Waals surface area (Å²) in [5.74, 6) is -0.0620. The van der Waals surface area contributed by atoms with Crippen LogP contribution in [0.1, 0.15) is 43.5 Å². The van der Waals surface area contributed by atoms with E-state index >= 15 is 0 Å². The molecule has 0 aliphatic carbocycles. The Morgan fingerprint density at radius 3 is 2.37 bits per heavy atom. The lowest BCUT2D eigenvalue weighted by Gasteiger charge is -2.39. The number of nitrogens with two attached hydrogens (primary N) is 1. The summed E-state index contributed by atoms with van der Waals surface area (Å²) in [7, 11) is 0. The number of likely N-dealkylation sites (tertiary alicyclic amines) is 1. The van der Waals surface area contributed by atoms with Gasteiger partial charge in [-0.3, -0.25) is 4.79 Å². The minimum Gasteiger partial charge on any atom is -0.398 e. The van der Waals surface area contributed by atoms with E-state index in [0.717, 1.165) is 19.3 Å². The number of anilines is 1. The van der Waals surface area contributed by atoms with Crippen molar-refractivity contribution in [1.82, 2.24) is 4.90 Å². The van der Waals surface area contributed by atoms with Crippen LogP contribution in [0.2, 0.25) is 10.0 Å². The number of benzene rings is 1. The van der Waals surface area contributed by atoms with Crippen molar-refractivity contribution in [3.8, 4) is 0 Å². The van der Waals surface area contributed by atoms with Crippen molar-refractivity contribution in [1.29, 1.82) is 0 Å². The van der Waals surface area contributed by atoms with Crippen LogP contribution in [-0.4, -0.2) is 22.9 Å². The van der Waals surface area contributed by atoms with Gasteiger partial charge in [0.2, 0.25) is 0 Å². The fourth-order valence-electron chi connectivity index (χ4n) is 2.69. The third kappa shape index (κ3) is 2.82. The molecule has 1 aliphatic rings. The highest BCUT2D eigenvalue weighted by Gasteiger charge is 2.30. The summed E-state index contributed by atoms with van der Waals surface area (Å²) >= 11 is 12.0. The minimum absolute atomic E-state index is 0.0620. The second-order valence-corrected chi connectivity index (χ2v) is 6.01. The molecule has 0 unspecified atom stereocenters. The number of carbonyl (C=O) groups is 1. The molecular weight excluding hydrogens is 283 g/mol. The third-order valence-electron chi connectivity index (χ3n) is 3.74. The predicted octanol–water partition coefficient (Wildman–Crippen LogP) is 3.98. The van der Waals surface area contributed by atoms with Crippen LogP contribution in [0.15, 0.2) is 12.1 Å². The first-order valence-electron chi connectivity index (χ1n) is 6.49. The lowest BCUT2D eigenvalue weighted by Crippen LogP contribution is -2.47. The second kappa shape index (κ2) is 5.59. The maximum absolute atomic E-state index is 12.6. The molecule has 1 saturated heterocycles. The molecule has 19 heavy (non-hydrogen) atoms. The van der Waals surface area contributed by atoms with Crippen molar-refractivity contribution in [2.75, 3.05) is 5.73 Å². The van der Waals surface area contributed by atoms with Crippen LogP contribution in [0.5, 0.6) is 0 Å². The lowest BCUT2D eigenvalue weighted by molar-refractivity contribution is 0.0511. The molecule has 2 atom stereocenters. The smallest absolute Gasteiger partial charge is 0.255 e. The van der Waals surface area contributed by atoms with Crippen molar-refractivity contribution in [3.05, 3.63) is 27.7 Å². The molecule has 1 heterocycles. The molecule has 0 spiro atoms. The summed E-state index contributed by atoms with van der Waals surface area (Å²) in [4.78, 5) is 14.5. The fourth-order valence-corrected chi connectivity index (χ4v) is 3.15. The quantitative estimate of drug-likeness (QED) is 0.798. The first-order valence-corrected chi connectivity index (χ1v) is 7.24. The Bertz CT molecular complexity index is 494. The van der Waals surface area contributed by atoms with E-state index in [4.69, 9.17) is 28.9 Å². The molecule has 0 saturated carbocycles. The number of piperidine rings is 1. The van der Waals surface area contributed by atoms with Crippen molar-refractivity contribution >= 4 is 34.8 Å². The van der Waals surface area contributed by atoms with Crippen LogP contribution in [0, 0.1) is 0 Å². The van der Waals surface area contributed by atoms with E-state index in [9.17, 15) is 4.79 Å². The van der Waals surface area contributed by atoms with Crippen molar-refractivity contribution in [2.45, 2.75) is 45.2 Å². The fraction of sp³-hybridized carbons (Fsp3) is 0.500. The molecule has 104 valence electrons. The average Bonchev–Trinajstić information content (AvgIpc) is 2.33. The highest BCUT2D eigenvalue weighted by molar-refractivity contribution is 6.38. The minimum atomic E-state index is -0.0620. The van der Waals surface area contributed by atoms with Gasteiger partial charge in [0.05, 0.1) is 21.3 Å². The van der Waals surface area contributed by atoms with Crippen LogP contribution >= 0.6 is 23.2 Å². The van der Waals surface area contributed by atoms with Crippen LogP contribution < -0.4 is 5.73 Å². The van der Waals surface area contributed by atoms with Crippen molar-refractivity contribution in [2.24, 2.45) is 0 Å². The predicted molar refractivity (Wildman–Crippen MR) is 79.8 cm³/mol. The molecule has 0 aromatic heterocycles. The second-order valence-electron chi connectivity index (χ2n) is 5.19. The zero-order valence-electron chi connectivity index (χ0n) is 11.1. The van der Waals surface area contributed by atoms with Crippen LogP contribution in [-0.2, 0) is 0 Å². The van der Waals surface area contributed by atoms with E-state index in [1.165, 1.54) is 6.07 Å². The zero-order valence-corrected chi connectivity index (χ0v) is 12.6. The standard InChI is InChI=1S/C14H18Cl2N2O/c1-8-4-3-5-9(2)18(8)14(19)10-6-13(17)12(16)7-11(10)15/h6-9H,3-5,17H2,1-2H3/t8-,9+. The van der Waals surface area contributed by atoms with E-state index in [-0.39, 0.29) is 18.0 Å². The highest BCUT2D eigenvalue weighted by atomic mass is 35.5. The maximum Gasteiger partial charge on any atom is 0.255 e. The molecule has 2 N–H and O–H groups in total. The molecule has 1 aromatic rings. The van der Waals surface area contributed by atoms with Gasteiger partial charge in [0.15, 0.2) is 0 Å². The van der Waals surface area contributed by atoms with E-state index in [1.807, 2.05) is 4.90 Å². The number of halogens is 2. The number of nitrogen functional groups attached to an aromatic ring is 1. The molecular formula is C14H18Cl2N2O. The molecule has 5 heteroatoms. The van der Waals surface area contributed by atoms with Gasteiger partial charge in [-0.1, -0.05) is 23.2 Å². The summed E-state index contributed by atoms with van der Waals surface area (Å²) in [5, 5.41) is 0.732. The molecule has 0 bridgehead atoms. The van der Waals surface area contributed by atoms with Gasteiger partial charge < -0.3 is 10.6 Å². The monoisotopic (exact) mass is 300 g/mol. The van der Waals surface area contributed by atoms with Crippen LogP contribution in [0.3, 0.4) is 0 Å². The SMILES string of the molecule is C[C@@H]1CCC[C@H](C)N1C(=O)c1cc(N)c(Cl)cc1Cl. The van der Waals surface area contributed by atoms with Gasteiger partial charge in [-0.05, 0) is 45.2 Å². The molecule has 3 nitrogen and oxygen atoms in total. The Kier molecular flexibility index (Phi) is 4.26. The molecule has 1 amide bonds. The lowest BCUT2D eigenvalue weighted by atomic mass is 9.96. The summed E-state index contributed by atoms with van der Waals surface area (Å²) in [6, 6.07) is 3.56. The van der Waals surface area contributed by atoms with Gasteiger partial charge in [0, 0.05) is 12.1 Å². The van der Waals surface area contributed by atoms with E-state index < -0.39 is 0 Å². The normalized spacial score (nSPS) is 23.5. The first-order chi connectivity index (χ1) is 8.91. The van der Waals surface area contributed by atoms with E-state index in [0.29, 0.717) is 21.3 Å². The molecule has 0 radical (unpaired) electrons. The molecule has 1 fully saturated rings. The number of nitrogens with zero attached hydrogens (tertiary/aromatic N) is 1. The molecule has 1 aromatic carbocycles. The third-order valence-corrected chi connectivity index (χ3v) is 4.38. The number of hydrogen-bond acceptors (Lipinski definition) is 2. The Labute approximate surface area is 123 Å². The van der Waals surface area contributed by atoms with Crippen molar-refractivity contribution < 1.29 is 4.79 Å². The highest BCUT2D eigenvalue weighted by Crippen LogP contribution is 2.31. The summed E-state index contributed by atoms with van der Waals surface area (Å²) in [6.45, 7) is 4.14. The molecule has 2 rings (SSSR count). The van der Waals surface area contributed by atoms with Crippen LogP contribution in [0.4, 0.5) is 5.69 Å². The number of hydrogen-bond donors (Lipinski definition) is 1. The zero-order chi connectivity index (χ0) is 14.2. The Morgan fingerprint density at radius 1 is 1.21 bits per heavy atom. The Hall–Kier alpha value is -0.930. The van der Waals surface area contributed by atoms with Gasteiger partial charge >= 0.3 is 0 Å². The largest absolute Gasteiger partial charge is 0.398 e. The van der Waals surface area contributed by atoms with Gasteiger partial charge in [0.25, 0.3) is 5.91 Å².